The first-order valence-corrected chi connectivity index (χ1v) is 8.22. The van der Waals surface area contributed by atoms with Crippen LogP contribution < -0.4 is 15.8 Å². The number of nitrogens with one attached hydrogen (secondary N) is 1. The van der Waals surface area contributed by atoms with Crippen molar-refractivity contribution in [1.82, 2.24) is 4.98 Å². The van der Waals surface area contributed by atoms with E-state index in [1.807, 2.05) is 19.1 Å². The average molecular weight is 421 g/mol. The second kappa shape index (κ2) is 11.2. The fraction of sp³-hybridized carbons (Fsp3) is 0.333. The van der Waals surface area contributed by atoms with Gasteiger partial charge in [-0.1, -0.05) is 31.0 Å². The average Bonchev–Trinajstić information content (AvgIpc) is 2.55. The Bertz CT molecular complexity index is 697. The van der Waals surface area contributed by atoms with E-state index in [2.05, 4.69) is 10.3 Å². The molecular weight excluding hydrogens is 397 g/mol. The zero-order valence-electron chi connectivity index (χ0n) is 14.7. The lowest BCUT2D eigenvalue weighted by atomic mass is 9.96. The number of nitrogens with zero attached hydrogens (tertiary/aromatic N) is 1. The van der Waals surface area contributed by atoms with Crippen molar-refractivity contribution in [3.8, 4) is 5.75 Å². The highest BCUT2D eigenvalue weighted by Gasteiger charge is 2.27. The monoisotopic (exact) mass is 419 g/mol. The van der Waals surface area contributed by atoms with E-state index in [-0.39, 0.29) is 30.7 Å². The summed E-state index contributed by atoms with van der Waals surface area (Å²) in [4.78, 5) is 16.2. The zero-order valence-corrected chi connectivity index (χ0v) is 17.1. The summed E-state index contributed by atoms with van der Waals surface area (Å²) < 4.78 is 5.68. The molecule has 0 radical (unpaired) electrons. The molecular formula is C18H24Cl3N3O2. The highest BCUT2D eigenvalue weighted by molar-refractivity contribution is 6.32. The second-order valence-electron chi connectivity index (χ2n) is 5.92. The number of nitrogens with two attached hydrogens (primary N) is 1. The third kappa shape index (κ3) is 7.00. The van der Waals surface area contributed by atoms with Crippen molar-refractivity contribution in [1.29, 1.82) is 0 Å². The maximum atomic E-state index is 12.2. The van der Waals surface area contributed by atoms with E-state index in [1.165, 1.54) is 0 Å². The van der Waals surface area contributed by atoms with E-state index in [0.717, 1.165) is 12.0 Å². The minimum atomic E-state index is -0.906. The Balaban J connectivity index is 0.00000312. The van der Waals surface area contributed by atoms with Gasteiger partial charge in [-0.2, -0.15) is 0 Å². The molecule has 5 nitrogen and oxygen atoms in total. The Morgan fingerprint density at radius 2 is 2.08 bits per heavy atom. The third-order valence-corrected chi connectivity index (χ3v) is 3.89. The molecule has 26 heavy (non-hydrogen) atoms. The van der Waals surface area contributed by atoms with Crippen molar-refractivity contribution in [2.75, 3.05) is 5.32 Å². The van der Waals surface area contributed by atoms with E-state index in [1.54, 1.807) is 37.5 Å². The first-order valence-electron chi connectivity index (χ1n) is 7.84. The topological polar surface area (TPSA) is 77.2 Å². The molecule has 3 N–H and O–H groups in total. The lowest BCUT2D eigenvalue weighted by Crippen LogP contribution is -2.48. The summed E-state index contributed by atoms with van der Waals surface area (Å²) in [6.45, 7) is 4.08. The number of amides is 1. The number of rotatable bonds is 7. The maximum absolute atomic E-state index is 12.2. The molecule has 8 heteroatoms. The van der Waals surface area contributed by atoms with Crippen LogP contribution in [-0.4, -0.2) is 16.4 Å². The Morgan fingerprint density at radius 3 is 2.65 bits per heavy atom. The predicted molar refractivity (Wildman–Crippen MR) is 111 cm³/mol. The third-order valence-electron chi connectivity index (χ3n) is 3.59. The van der Waals surface area contributed by atoms with Gasteiger partial charge in [-0.25, -0.2) is 0 Å². The number of benzene rings is 1. The number of aromatic nitrogens is 1. The first kappa shape index (κ1) is 24.5. The molecule has 1 heterocycles. The first-order chi connectivity index (χ1) is 11.4. The Hall–Kier alpha value is -1.53. The molecule has 1 unspecified atom stereocenters. The van der Waals surface area contributed by atoms with Gasteiger partial charge in [0, 0.05) is 23.6 Å². The quantitative estimate of drug-likeness (QED) is 0.685. The van der Waals surface area contributed by atoms with Crippen LogP contribution in [0.15, 0.2) is 42.7 Å². The highest BCUT2D eigenvalue weighted by atomic mass is 35.5. The van der Waals surface area contributed by atoms with E-state index in [4.69, 9.17) is 22.1 Å². The van der Waals surface area contributed by atoms with Crippen LogP contribution in [0.2, 0.25) is 5.02 Å². The normalized spacial score (nSPS) is 12.2. The van der Waals surface area contributed by atoms with E-state index in [9.17, 15) is 4.79 Å². The fourth-order valence-electron chi connectivity index (χ4n) is 2.25. The van der Waals surface area contributed by atoms with Gasteiger partial charge in [0.05, 0.1) is 10.6 Å². The summed E-state index contributed by atoms with van der Waals surface area (Å²) in [6, 6.07) is 8.89. The van der Waals surface area contributed by atoms with Crippen LogP contribution >= 0.6 is 36.4 Å². The van der Waals surface area contributed by atoms with Gasteiger partial charge in [-0.05, 0) is 37.6 Å². The van der Waals surface area contributed by atoms with E-state index in [0.29, 0.717) is 29.5 Å². The standard InChI is InChI=1S/C18H22ClN3O2.2ClH/c1-3-8-18(2,20)17(23)22-14-6-7-16(15(19)10-14)24-12-13-5-4-9-21-11-13;;/h4-7,9-11H,3,8,12,20H2,1-2H3,(H,22,23);2*1H. The predicted octanol–water partition coefficient (Wildman–Crippen LogP) is 4.61. The minimum absolute atomic E-state index is 0. The van der Waals surface area contributed by atoms with Gasteiger partial charge in [0.15, 0.2) is 0 Å². The van der Waals surface area contributed by atoms with Crippen LogP contribution in [0.25, 0.3) is 0 Å². The van der Waals surface area contributed by atoms with Crippen LogP contribution in [0.1, 0.15) is 32.3 Å². The lowest BCUT2D eigenvalue weighted by molar-refractivity contribution is -0.120. The molecule has 2 rings (SSSR count). The smallest absolute Gasteiger partial charge is 0.244 e. The second-order valence-corrected chi connectivity index (χ2v) is 6.32. The Kier molecular flexibility index (Phi) is 10.6. The van der Waals surface area contributed by atoms with Crippen molar-refractivity contribution in [3.63, 3.8) is 0 Å². The number of carbonyl (C=O) groups excluding carboxylic acids is 1. The van der Waals surface area contributed by atoms with Gasteiger partial charge in [0.2, 0.25) is 5.91 Å². The van der Waals surface area contributed by atoms with Gasteiger partial charge in [0.25, 0.3) is 0 Å². The van der Waals surface area contributed by atoms with Gasteiger partial charge in [-0.3, -0.25) is 9.78 Å². The molecule has 2 aromatic rings. The van der Waals surface area contributed by atoms with Gasteiger partial charge in [0.1, 0.15) is 12.4 Å². The van der Waals surface area contributed by atoms with Crippen molar-refractivity contribution < 1.29 is 9.53 Å². The summed E-state index contributed by atoms with van der Waals surface area (Å²) in [7, 11) is 0. The molecule has 0 aliphatic heterocycles. The van der Waals surface area contributed by atoms with Crippen LogP contribution in [-0.2, 0) is 11.4 Å². The van der Waals surface area contributed by atoms with Gasteiger partial charge >= 0.3 is 0 Å². The number of pyridine rings is 1. The van der Waals surface area contributed by atoms with Crippen molar-refractivity contribution in [2.24, 2.45) is 5.73 Å². The molecule has 0 aliphatic carbocycles. The van der Waals surface area contributed by atoms with Gasteiger partial charge < -0.3 is 15.8 Å². The maximum Gasteiger partial charge on any atom is 0.244 e. The molecule has 0 spiro atoms. The lowest BCUT2D eigenvalue weighted by Gasteiger charge is -2.23. The number of halogens is 3. The number of anilines is 1. The molecule has 1 aromatic heterocycles. The van der Waals surface area contributed by atoms with Crippen molar-refractivity contribution >= 4 is 48.0 Å². The highest BCUT2D eigenvalue weighted by Crippen LogP contribution is 2.28. The molecule has 0 saturated heterocycles. The summed E-state index contributed by atoms with van der Waals surface area (Å²) >= 11 is 6.23. The van der Waals surface area contributed by atoms with E-state index < -0.39 is 5.54 Å². The molecule has 0 bridgehead atoms. The largest absolute Gasteiger partial charge is 0.487 e. The van der Waals surface area contributed by atoms with Crippen LogP contribution in [0.3, 0.4) is 0 Å². The minimum Gasteiger partial charge on any atom is -0.487 e. The molecule has 0 fully saturated rings. The van der Waals surface area contributed by atoms with Crippen LogP contribution in [0.4, 0.5) is 5.69 Å². The molecule has 0 aliphatic rings. The molecule has 1 amide bonds. The van der Waals surface area contributed by atoms with Crippen LogP contribution in [0, 0.1) is 0 Å². The number of ether oxygens (including phenoxy) is 1. The van der Waals surface area contributed by atoms with Crippen LogP contribution in [0.5, 0.6) is 5.75 Å². The summed E-state index contributed by atoms with van der Waals surface area (Å²) in [6.07, 6.45) is 4.89. The van der Waals surface area contributed by atoms with Crippen molar-refractivity contribution in [3.05, 3.63) is 53.3 Å². The number of hydrogen-bond donors (Lipinski definition) is 2. The number of hydrogen-bond acceptors (Lipinski definition) is 4. The summed E-state index contributed by atoms with van der Waals surface area (Å²) in [5.74, 6) is 0.312. The van der Waals surface area contributed by atoms with E-state index >= 15 is 0 Å². The molecule has 144 valence electrons. The fourth-order valence-corrected chi connectivity index (χ4v) is 2.48. The zero-order chi connectivity index (χ0) is 17.6. The molecule has 0 saturated carbocycles. The molecule has 1 atom stereocenters. The Labute approximate surface area is 171 Å². The van der Waals surface area contributed by atoms with Gasteiger partial charge in [-0.15, -0.1) is 24.8 Å². The molecule has 1 aromatic carbocycles. The SMILES string of the molecule is CCCC(C)(N)C(=O)Nc1ccc(OCc2cccnc2)c(Cl)c1.Cl.Cl. The van der Waals surface area contributed by atoms with Crippen molar-refractivity contribution in [2.45, 2.75) is 38.8 Å². The summed E-state index contributed by atoms with van der Waals surface area (Å²) in [5.41, 5.74) is 6.65. The Morgan fingerprint density at radius 1 is 1.35 bits per heavy atom. The number of carbonyl (C=O) groups is 1. The summed E-state index contributed by atoms with van der Waals surface area (Å²) in [5, 5.41) is 3.22.